The molecule has 0 rings (SSSR count). The van der Waals surface area contributed by atoms with Crippen LogP contribution in [0.5, 0.6) is 0 Å². The molecule has 1 amide bonds. The Hall–Kier alpha value is -0.140. The third-order valence-corrected chi connectivity index (χ3v) is 1.72. The van der Waals surface area contributed by atoms with E-state index in [1.165, 1.54) is 4.90 Å². The molecular weight excluding hydrogens is 273 g/mol. The van der Waals surface area contributed by atoms with E-state index in [-0.39, 0.29) is 32.2 Å². The molecule has 2 N–H and O–H groups in total. The van der Waals surface area contributed by atoms with Crippen molar-refractivity contribution in [2.45, 2.75) is 0 Å². The lowest BCUT2D eigenvalue weighted by Crippen LogP contribution is -2.35. The summed E-state index contributed by atoms with van der Waals surface area (Å²) in [6.07, 6.45) is 0. The summed E-state index contributed by atoms with van der Waals surface area (Å²) in [5.74, 6) is -0.237. The van der Waals surface area contributed by atoms with Crippen molar-refractivity contribution in [3.8, 4) is 0 Å². The van der Waals surface area contributed by atoms with Crippen molar-refractivity contribution in [2.24, 2.45) is 0 Å². The molecule has 12 heavy (non-hydrogen) atoms. The largest absolute Gasteiger partial charge is 0.395 e. The summed E-state index contributed by atoms with van der Waals surface area (Å²) < 4.78 is 0.384. The van der Waals surface area contributed by atoms with E-state index in [1.54, 1.807) is 0 Å². The van der Waals surface area contributed by atoms with Crippen molar-refractivity contribution >= 4 is 28.5 Å². The number of carbonyl (C=O) groups excluding carboxylic acids is 1. The van der Waals surface area contributed by atoms with Crippen molar-refractivity contribution in [1.29, 1.82) is 0 Å². The molecule has 0 saturated heterocycles. The van der Waals surface area contributed by atoms with Crippen LogP contribution >= 0.6 is 22.6 Å². The fourth-order valence-corrected chi connectivity index (χ4v) is 1.07. The van der Waals surface area contributed by atoms with E-state index in [0.717, 1.165) is 0 Å². The van der Waals surface area contributed by atoms with Gasteiger partial charge in [0.1, 0.15) is 0 Å². The number of nitrogens with zero attached hydrogens (tertiary/aromatic N) is 1. The van der Waals surface area contributed by atoms with Gasteiger partial charge in [0.15, 0.2) is 0 Å². The van der Waals surface area contributed by atoms with Crippen LogP contribution in [-0.4, -0.2) is 47.3 Å². The summed E-state index contributed by atoms with van der Waals surface area (Å²) in [5, 5.41) is 17.2. The van der Waals surface area contributed by atoms with Crippen molar-refractivity contribution in [2.75, 3.05) is 26.3 Å². The van der Waals surface area contributed by atoms with Crippen LogP contribution in [0.25, 0.3) is 0 Å². The van der Waals surface area contributed by atoms with E-state index in [1.807, 2.05) is 22.6 Å². The van der Waals surface area contributed by atoms with Crippen molar-refractivity contribution in [1.82, 2.24) is 4.90 Å². The second-order valence-electron chi connectivity index (χ2n) is 2.14. The van der Waals surface area contributed by atoms with Crippen LogP contribution < -0.4 is 0 Å². The number of rotatable bonds is 5. The molecule has 70 valence electrons. The molecule has 0 spiro atoms. The van der Waals surface area contributed by atoms with Crippen LogP contribution in [0, 0.1) is 0 Å². The van der Waals surface area contributed by atoms with Crippen molar-refractivity contribution < 1.29 is 15.0 Å². The number of halogens is 1. The van der Waals surface area contributed by atoms with E-state index < -0.39 is 0 Å². The molecule has 0 unspecified atom stereocenters. The first-order valence-electron chi connectivity index (χ1n) is 3.49. The minimum absolute atomic E-state index is 0.102. The van der Waals surface area contributed by atoms with Gasteiger partial charge in [-0.3, -0.25) is 4.79 Å². The lowest BCUT2D eigenvalue weighted by Gasteiger charge is -2.19. The van der Waals surface area contributed by atoms with Gasteiger partial charge in [0.2, 0.25) is 0 Å². The minimum atomic E-state index is -0.237. The van der Waals surface area contributed by atoms with Crippen LogP contribution in [0.2, 0.25) is 0 Å². The molecule has 0 aromatic carbocycles. The summed E-state index contributed by atoms with van der Waals surface area (Å²) in [6.45, 7) is 3.74. The van der Waals surface area contributed by atoms with E-state index >= 15 is 0 Å². The third-order valence-electron chi connectivity index (χ3n) is 1.26. The molecule has 0 atom stereocenters. The Bertz CT molecular complexity index is 166. The number of amides is 1. The van der Waals surface area contributed by atoms with Crippen molar-refractivity contribution in [3.63, 3.8) is 0 Å². The van der Waals surface area contributed by atoms with E-state index in [9.17, 15) is 4.79 Å². The smallest absolute Gasteiger partial charge is 0.259 e. The number of hydrogen-bond acceptors (Lipinski definition) is 3. The van der Waals surface area contributed by atoms with E-state index in [4.69, 9.17) is 10.2 Å². The van der Waals surface area contributed by atoms with Gasteiger partial charge in [0, 0.05) is 13.1 Å². The first-order valence-corrected chi connectivity index (χ1v) is 4.56. The van der Waals surface area contributed by atoms with Gasteiger partial charge in [-0.15, -0.1) is 0 Å². The highest BCUT2D eigenvalue weighted by Gasteiger charge is 2.12. The Labute approximate surface area is 85.0 Å². The van der Waals surface area contributed by atoms with Gasteiger partial charge in [-0.1, -0.05) is 6.58 Å². The SMILES string of the molecule is C=C(I)C(=O)N(CCO)CCO. The highest BCUT2D eigenvalue weighted by Crippen LogP contribution is 2.06. The van der Waals surface area contributed by atoms with Gasteiger partial charge >= 0.3 is 0 Å². The van der Waals surface area contributed by atoms with Gasteiger partial charge < -0.3 is 15.1 Å². The Morgan fingerprint density at radius 2 is 1.75 bits per heavy atom. The molecule has 5 heteroatoms. The van der Waals surface area contributed by atoms with Crippen LogP contribution in [0.3, 0.4) is 0 Å². The van der Waals surface area contributed by atoms with Crippen LogP contribution in [0.4, 0.5) is 0 Å². The second kappa shape index (κ2) is 6.38. The zero-order valence-corrected chi connectivity index (χ0v) is 8.82. The second-order valence-corrected chi connectivity index (χ2v) is 3.45. The van der Waals surface area contributed by atoms with Gasteiger partial charge in [0.25, 0.3) is 5.91 Å². The summed E-state index contributed by atoms with van der Waals surface area (Å²) in [4.78, 5) is 12.6. The molecule has 0 radical (unpaired) electrons. The summed E-state index contributed by atoms with van der Waals surface area (Å²) in [6, 6.07) is 0. The highest BCUT2D eigenvalue weighted by molar-refractivity contribution is 14.1. The minimum Gasteiger partial charge on any atom is -0.395 e. The fraction of sp³-hybridized carbons (Fsp3) is 0.571. The lowest BCUT2D eigenvalue weighted by molar-refractivity contribution is -0.127. The molecule has 0 bridgehead atoms. The predicted molar refractivity (Wildman–Crippen MR) is 53.9 cm³/mol. The molecule has 0 aliphatic carbocycles. The zero-order chi connectivity index (χ0) is 9.56. The Morgan fingerprint density at radius 3 is 2.00 bits per heavy atom. The third kappa shape index (κ3) is 4.03. The molecule has 4 nitrogen and oxygen atoms in total. The first-order chi connectivity index (χ1) is 5.63. The molecule has 0 aliphatic rings. The fourth-order valence-electron chi connectivity index (χ4n) is 0.728. The molecule has 0 saturated carbocycles. The number of hydrogen-bond donors (Lipinski definition) is 2. The quantitative estimate of drug-likeness (QED) is 0.541. The van der Waals surface area contributed by atoms with Gasteiger partial charge in [0.05, 0.1) is 16.8 Å². The lowest BCUT2D eigenvalue weighted by atomic mass is 10.4. The number of carbonyl (C=O) groups is 1. The van der Waals surface area contributed by atoms with Gasteiger partial charge in [-0.05, 0) is 22.6 Å². The van der Waals surface area contributed by atoms with Gasteiger partial charge in [-0.25, -0.2) is 0 Å². The first kappa shape index (κ1) is 11.9. The standard InChI is InChI=1S/C7H12INO3/c1-6(8)7(12)9(2-4-10)3-5-11/h10-11H,1-5H2. The van der Waals surface area contributed by atoms with Crippen LogP contribution in [-0.2, 0) is 4.79 Å². The Kier molecular flexibility index (Phi) is 6.31. The van der Waals surface area contributed by atoms with Crippen LogP contribution in [0.15, 0.2) is 10.2 Å². The topological polar surface area (TPSA) is 60.8 Å². The normalized spacial score (nSPS) is 9.58. The zero-order valence-electron chi connectivity index (χ0n) is 6.66. The maximum Gasteiger partial charge on any atom is 0.259 e. The number of aliphatic hydroxyl groups is 2. The Balaban J connectivity index is 4.08. The van der Waals surface area contributed by atoms with Gasteiger partial charge in [-0.2, -0.15) is 0 Å². The summed E-state index contributed by atoms with van der Waals surface area (Å²) in [7, 11) is 0. The molecule has 0 aromatic heterocycles. The summed E-state index contributed by atoms with van der Waals surface area (Å²) >= 11 is 1.81. The highest BCUT2D eigenvalue weighted by atomic mass is 127. The van der Waals surface area contributed by atoms with E-state index in [2.05, 4.69) is 6.58 Å². The maximum absolute atomic E-state index is 11.2. The van der Waals surface area contributed by atoms with Crippen molar-refractivity contribution in [3.05, 3.63) is 10.2 Å². The Morgan fingerprint density at radius 1 is 1.33 bits per heavy atom. The molecular formula is C7H12INO3. The maximum atomic E-state index is 11.2. The predicted octanol–water partition coefficient (Wildman–Crippen LogP) is -0.252. The molecule has 0 aliphatic heterocycles. The average Bonchev–Trinajstić information content (AvgIpc) is 2.03. The molecule has 0 heterocycles. The monoisotopic (exact) mass is 285 g/mol. The van der Waals surface area contributed by atoms with Crippen LogP contribution in [0.1, 0.15) is 0 Å². The van der Waals surface area contributed by atoms with E-state index in [0.29, 0.717) is 3.58 Å². The number of aliphatic hydroxyl groups excluding tert-OH is 2. The average molecular weight is 285 g/mol. The summed E-state index contributed by atoms with van der Waals surface area (Å²) in [5.41, 5.74) is 0. The molecule has 0 fully saturated rings. The molecule has 0 aromatic rings.